The topological polar surface area (TPSA) is 56.2 Å². The molecule has 0 saturated heterocycles. The van der Waals surface area contributed by atoms with Crippen molar-refractivity contribution < 1.29 is 0 Å². The van der Waals surface area contributed by atoms with Gasteiger partial charge < -0.3 is 5.73 Å². The highest BCUT2D eigenvalue weighted by Gasteiger charge is 2.55. The van der Waals surface area contributed by atoms with Gasteiger partial charge >= 0.3 is 0 Å². The second kappa shape index (κ2) is 3.74. The zero-order valence-corrected chi connectivity index (χ0v) is 12.4. The molecule has 4 heteroatoms. The van der Waals surface area contributed by atoms with Crippen LogP contribution in [-0.2, 0) is 5.41 Å². The van der Waals surface area contributed by atoms with Crippen molar-refractivity contribution in [3.63, 3.8) is 0 Å². The maximum atomic E-state index is 6.16. The smallest absolute Gasteiger partial charge is 0.149 e. The summed E-state index contributed by atoms with van der Waals surface area (Å²) in [6, 6.07) is 0. The highest BCUT2D eigenvalue weighted by Crippen LogP contribution is 2.63. The highest BCUT2D eigenvalue weighted by molar-refractivity contribution is 5.71. The first-order valence-electron chi connectivity index (χ1n) is 7.61. The predicted octanol–water partition coefficient (Wildman–Crippen LogP) is 3.12. The molecule has 2 aliphatic rings. The first-order valence-corrected chi connectivity index (χ1v) is 7.61. The lowest BCUT2D eigenvalue weighted by Gasteiger charge is -2.16. The Kier molecular flexibility index (Phi) is 2.28. The van der Waals surface area contributed by atoms with Crippen molar-refractivity contribution in [1.29, 1.82) is 0 Å². The van der Waals surface area contributed by atoms with Crippen LogP contribution in [0, 0.1) is 11.8 Å². The van der Waals surface area contributed by atoms with Gasteiger partial charge in [0.2, 0.25) is 0 Å². The van der Waals surface area contributed by atoms with Crippen LogP contribution in [0.15, 0.2) is 12.4 Å². The van der Waals surface area contributed by atoms with E-state index in [4.69, 9.17) is 10.7 Å². The summed E-state index contributed by atoms with van der Waals surface area (Å²) in [7, 11) is 0. The van der Waals surface area contributed by atoms with Gasteiger partial charge in [0.25, 0.3) is 0 Å². The number of imidazole rings is 1. The molecule has 0 aliphatic heterocycles. The van der Waals surface area contributed by atoms with E-state index in [0.717, 1.165) is 23.2 Å². The van der Waals surface area contributed by atoms with Crippen LogP contribution in [0.3, 0.4) is 0 Å². The van der Waals surface area contributed by atoms with E-state index in [0.29, 0.717) is 11.7 Å². The summed E-state index contributed by atoms with van der Waals surface area (Å²) in [5, 5.41) is 0. The molecule has 0 amide bonds. The number of aromatic nitrogens is 3. The number of hydrogen-bond acceptors (Lipinski definition) is 3. The summed E-state index contributed by atoms with van der Waals surface area (Å²) in [5.74, 6) is 4.04. The minimum atomic E-state index is 0.0129. The molecular formula is C16H22N4. The highest BCUT2D eigenvalue weighted by atomic mass is 15.1. The molecule has 0 radical (unpaired) electrons. The Morgan fingerprint density at radius 1 is 1.25 bits per heavy atom. The lowest BCUT2D eigenvalue weighted by Crippen LogP contribution is -2.16. The fourth-order valence-electron chi connectivity index (χ4n) is 4.08. The molecule has 2 aromatic rings. The van der Waals surface area contributed by atoms with Crippen molar-refractivity contribution in [2.45, 2.75) is 51.4 Å². The molecule has 2 unspecified atom stereocenters. The second-order valence-corrected chi connectivity index (χ2v) is 7.39. The SMILES string of the molecule is CC(C)(C)c1nc(C2C3CCCC32)c2c(N)nccn12. The van der Waals surface area contributed by atoms with Crippen LogP contribution in [0.1, 0.15) is 57.5 Å². The van der Waals surface area contributed by atoms with Crippen LogP contribution < -0.4 is 5.73 Å². The molecule has 0 spiro atoms. The third kappa shape index (κ3) is 1.54. The standard InChI is InChI=1S/C16H22N4/c1-16(2,3)15-19-12(11-9-5-4-6-10(9)11)13-14(17)18-7-8-20(13)15/h7-11H,4-6H2,1-3H3,(H2,17,18). The molecule has 0 aromatic carbocycles. The zero-order valence-electron chi connectivity index (χ0n) is 12.4. The Morgan fingerprint density at radius 2 is 1.95 bits per heavy atom. The van der Waals surface area contributed by atoms with E-state index in [9.17, 15) is 0 Å². The number of rotatable bonds is 1. The van der Waals surface area contributed by atoms with Gasteiger partial charge in [-0.15, -0.1) is 0 Å². The van der Waals surface area contributed by atoms with Crippen LogP contribution in [0.4, 0.5) is 5.82 Å². The van der Waals surface area contributed by atoms with Gasteiger partial charge in [-0.25, -0.2) is 9.97 Å². The van der Waals surface area contributed by atoms with E-state index >= 15 is 0 Å². The van der Waals surface area contributed by atoms with Crippen LogP contribution in [0.5, 0.6) is 0 Å². The number of nitrogen functional groups attached to an aromatic ring is 1. The molecule has 2 N–H and O–H groups in total. The fraction of sp³-hybridized carbons (Fsp3) is 0.625. The molecule has 2 atom stereocenters. The summed E-state index contributed by atoms with van der Waals surface area (Å²) in [5.41, 5.74) is 8.43. The Morgan fingerprint density at radius 3 is 2.60 bits per heavy atom. The molecule has 20 heavy (non-hydrogen) atoms. The van der Waals surface area contributed by atoms with E-state index in [-0.39, 0.29) is 5.41 Å². The van der Waals surface area contributed by atoms with Gasteiger partial charge in [0.05, 0.1) is 5.69 Å². The molecule has 2 aliphatic carbocycles. The van der Waals surface area contributed by atoms with Crippen molar-refractivity contribution in [3.05, 3.63) is 23.9 Å². The molecule has 2 heterocycles. The number of nitrogens with zero attached hydrogens (tertiary/aromatic N) is 3. The molecule has 0 bridgehead atoms. The number of hydrogen-bond donors (Lipinski definition) is 1. The van der Waals surface area contributed by atoms with E-state index in [1.165, 1.54) is 25.0 Å². The quantitative estimate of drug-likeness (QED) is 0.866. The minimum absolute atomic E-state index is 0.0129. The first kappa shape index (κ1) is 12.2. The van der Waals surface area contributed by atoms with Crippen molar-refractivity contribution in [2.75, 3.05) is 5.73 Å². The predicted molar refractivity (Wildman–Crippen MR) is 79.7 cm³/mol. The number of nitrogens with two attached hydrogens (primary N) is 1. The Hall–Kier alpha value is -1.58. The largest absolute Gasteiger partial charge is 0.382 e. The Balaban J connectivity index is 1.93. The lowest BCUT2D eigenvalue weighted by molar-refractivity contribution is 0.540. The van der Waals surface area contributed by atoms with Gasteiger partial charge in [-0.2, -0.15) is 0 Å². The lowest BCUT2D eigenvalue weighted by atomic mass is 9.96. The van der Waals surface area contributed by atoms with E-state index in [2.05, 4.69) is 30.2 Å². The third-order valence-corrected chi connectivity index (χ3v) is 5.00. The molecule has 4 nitrogen and oxygen atoms in total. The normalized spacial score (nSPS) is 28.9. The van der Waals surface area contributed by atoms with Gasteiger partial charge in [0.1, 0.15) is 17.2 Å². The third-order valence-electron chi connectivity index (χ3n) is 5.00. The van der Waals surface area contributed by atoms with Crippen LogP contribution in [0.25, 0.3) is 5.52 Å². The molecule has 2 fully saturated rings. The summed E-state index contributed by atoms with van der Waals surface area (Å²) >= 11 is 0. The van der Waals surface area contributed by atoms with E-state index in [1.807, 2.05) is 6.20 Å². The average Bonchev–Trinajstić information content (AvgIpc) is 2.79. The molecule has 106 valence electrons. The molecule has 2 aromatic heterocycles. The minimum Gasteiger partial charge on any atom is -0.382 e. The van der Waals surface area contributed by atoms with Crippen LogP contribution in [0.2, 0.25) is 0 Å². The number of fused-ring (bicyclic) bond motifs is 2. The molecule has 4 rings (SSSR count). The van der Waals surface area contributed by atoms with E-state index < -0.39 is 0 Å². The van der Waals surface area contributed by atoms with Gasteiger partial charge in [-0.05, 0) is 24.7 Å². The molecule has 2 saturated carbocycles. The maximum Gasteiger partial charge on any atom is 0.149 e. The van der Waals surface area contributed by atoms with Crippen molar-refractivity contribution in [2.24, 2.45) is 11.8 Å². The summed E-state index contributed by atoms with van der Waals surface area (Å²) in [6.45, 7) is 6.61. The Labute approximate surface area is 119 Å². The molecular weight excluding hydrogens is 248 g/mol. The maximum absolute atomic E-state index is 6.16. The van der Waals surface area contributed by atoms with Crippen molar-refractivity contribution >= 4 is 11.3 Å². The first-order chi connectivity index (χ1) is 9.48. The van der Waals surface area contributed by atoms with Crippen molar-refractivity contribution in [3.8, 4) is 0 Å². The second-order valence-electron chi connectivity index (χ2n) is 7.39. The van der Waals surface area contributed by atoms with Crippen LogP contribution >= 0.6 is 0 Å². The monoisotopic (exact) mass is 270 g/mol. The van der Waals surface area contributed by atoms with Gasteiger partial charge in [0, 0.05) is 23.7 Å². The summed E-state index contributed by atoms with van der Waals surface area (Å²) in [4.78, 5) is 9.29. The number of anilines is 1. The van der Waals surface area contributed by atoms with Crippen molar-refractivity contribution in [1.82, 2.24) is 14.4 Å². The Bertz CT molecular complexity index is 670. The van der Waals surface area contributed by atoms with E-state index in [1.54, 1.807) is 6.20 Å². The fourth-order valence-corrected chi connectivity index (χ4v) is 4.08. The summed E-state index contributed by atoms with van der Waals surface area (Å²) < 4.78 is 2.16. The summed E-state index contributed by atoms with van der Waals surface area (Å²) in [6.07, 6.45) is 7.88. The van der Waals surface area contributed by atoms with Gasteiger partial charge in [-0.3, -0.25) is 4.40 Å². The van der Waals surface area contributed by atoms with Gasteiger partial charge in [-0.1, -0.05) is 27.2 Å². The zero-order chi connectivity index (χ0) is 14.1. The van der Waals surface area contributed by atoms with Crippen LogP contribution in [-0.4, -0.2) is 14.4 Å². The average molecular weight is 270 g/mol. The van der Waals surface area contributed by atoms with Gasteiger partial charge in [0.15, 0.2) is 0 Å².